The highest BCUT2D eigenvalue weighted by molar-refractivity contribution is 6.31. The van der Waals surface area contributed by atoms with Crippen LogP contribution in [-0.2, 0) is 4.79 Å². The van der Waals surface area contributed by atoms with E-state index in [-0.39, 0.29) is 5.91 Å². The number of carbonyl (C=O) groups excluding carboxylic acids is 1. The molecule has 2 aliphatic heterocycles. The van der Waals surface area contributed by atoms with Crippen LogP contribution in [0.25, 0.3) is 11.1 Å². The number of benzene rings is 1. The van der Waals surface area contributed by atoms with Crippen LogP contribution in [0.5, 0.6) is 0 Å². The lowest BCUT2D eigenvalue weighted by Crippen LogP contribution is -2.46. The summed E-state index contributed by atoms with van der Waals surface area (Å²) in [6.45, 7) is 6.45. The fraction of sp³-hybridized carbons (Fsp3) is 0.600. The molecule has 4 rings (SSSR count). The number of hydrogen-bond donors (Lipinski definition) is 0. The summed E-state index contributed by atoms with van der Waals surface area (Å²) < 4.78 is 5.92. The molecule has 2 aromatic rings. The van der Waals surface area contributed by atoms with E-state index in [4.69, 9.17) is 16.0 Å². The van der Waals surface area contributed by atoms with Crippen molar-refractivity contribution >= 4 is 28.6 Å². The van der Waals surface area contributed by atoms with Crippen molar-refractivity contribution in [2.24, 2.45) is 5.92 Å². The van der Waals surface area contributed by atoms with Gasteiger partial charge in [0.1, 0.15) is 5.52 Å². The molecule has 5 nitrogen and oxygen atoms in total. The van der Waals surface area contributed by atoms with Gasteiger partial charge in [-0.25, -0.2) is 4.98 Å². The number of amides is 1. The molecule has 0 radical (unpaired) electrons. The molecule has 140 valence electrons. The smallest absolute Gasteiger partial charge is 0.236 e. The molecule has 6 heteroatoms. The second kappa shape index (κ2) is 7.57. The molecule has 2 saturated heterocycles. The van der Waals surface area contributed by atoms with Gasteiger partial charge in [-0.2, -0.15) is 0 Å². The fourth-order valence-electron chi connectivity index (χ4n) is 4.14. The zero-order valence-corrected chi connectivity index (χ0v) is 16.0. The molecule has 26 heavy (non-hydrogen) atoms. The monoisotopic (exact) mass is 375 g/mol. The molecule has 1 unspecified atom stereocenters. The first-order valence-electron chi connectivity index (χ1n) is 9.64. The van der Waals surface area contributed by atoms with Gasteiger partial charge in [0.2, 0.25) is 5.91 Å². The number of carbonyl (C=O) groups is 1. The van der Waals surface area contributed by atoms with Gasteiger partial charge in [0, 0.05) is 24.0 Å². The molecule has 0 bridgehead atoms. The van der Waals surface area contributed by atoms with Gasteiger partial charge in [-0.05, 0) is 62.9 Å². The van der Waals surface area contributed by atoms with E-state index >= 15 is 0 Å². The number of oxazole rings is 1. The molecule has 1 aromatic carbocycles. The van der Waals surface area contributed by atoms with E-state index in [1.165, 1.54) is 6.42 Å². The lowest BCUT2D eigenvalue weighted by Gasteiger charge is -2.35. The number of rotatable bonds is 3. The number of piperidine rings is 2. The summed E-state index contributed by atoms with van der Waals surface area (Å²) in [5.41, 5.74) is 1.62. The maximum atomic E-state index is 12.6. The Balaban J connectivity index is 1.32. The van der Waals surface area contributed by atoms with Crippen LogP contribution in [0.3, 0.4) is 0 Å². The Kier molecular flexibility index (Phi) is 5.18. The third-order valence-corrected chi connectivity index (χ3v) is 5.91. The summed E-state index contributed by atoms with van der Waals surface area (Å²) in [6.07, 6.45) is 4.33. The van der Waals surface area contributed by atoms with Crippen LogP contribution in [-0.4, -0.2) is 53.4 Å². The predicted molar refractivity (Wildman–Crippen MR) is 102 cm³/mol. The number of aromatic nitrogens is 1. The van der Waals surface area contributed by atoms with Crippen LogP contribution < -0.4 is 0 Å². The summed E-state index contributed by atoms with van der Waals surface area (Å²) in [5, 5.41) is 0.678. The molecule has 0 N–H and O–H groups in total. The van der Waals surface area contributed by atoms with Gasteiger partial charge in [-0.1, -0.05) is 18.5 Å². The lowest BCUT2D eigenvalue weighted by atomic mass is 9.96. The minimum Gasteiger partial charge on any atom is -0.440 e. The minimum atomic E-state index is 0.284. The largest absolute Gasteiger partial charge is 0.440 e. The summed E-state index contributed by atoms with van der Waals surface area (Å²) in [7, 11) is 0. The average molecular weight is 376 g/mol. The first kappa shape index (κ1) is 17.8. The van der Waals surface area contributed by atoms with Crippen molar-refractivity contribution in [3.05, 3.63) is 29.1 Å². The molecular weight excluding hydrogens is 350 g/mol. The van der Waals surface area contributed by atoms with Crippen LogP contribution >= 0.6 is 11.6 Å². The predicted octanol–water partition coefficient (Wildman–Crippen LogP) is 3.92. The highest BCUT2D eigenvalue weighted by atomic mass is 35.5. The van der Waals surface area contributed by atoms with E-state index < -0.39 is 0 Å². The Morgan fingerprint density at radius 2 is 2.08 bits per heavy atom. The zero-order chi connectivity index (χ0) is 18.1. The van der Waals surface area contributed by atoms with Crippen molar-refractivity contribution in [1.29, 1.82) is 0 Å². The highest BCUT2D eigenvalue weighted by Crippen LogP contribution is 2.30. The number of nitrogens with zero attached hydrogens (tertiary/aromatic N) is 3. The van der Waals surface area contributed by atoms with Crippen molar-refractivity contribution in [1.82, 2.24) is 14.8 Å². The number of fused-ring (bicyclic) bond motifs is 1. The number of hydrogen-bond acceptors (Lipinski definition) is 4. The van der Waals surface area contributed by atoms with Gasteiger partial charge >= 0.3 is 0 Å². The molecular formula is C20H26ClN3O2. The van der Waals surface area contributed by atoms with Crippen LogP contribution in [0.4, 0.5) is 0 Å². The third kappa shape index (κ3) is 3.89. The molecule has 1 amide bonds. The summed E-state index contributed by atoms with van der Waals surface area (Å²) >= 11 is 6.03. The quantitative estimate of drug-likeness (QED) is 0.815. The van der Waals surface area contributed by atoms with Gasteiger partial charge in [-0.15, -0.1) is 0 Å². The minimum absolute atomic E-state index is 0.284. The van der Waals surface area contributed by atoms with E-state index in [1.54, 1.807) is 0 Å². The Bertz CT molecular complexity index is 782. The molecule has 1 aromatic heterocycles. The fourth-order valence-corrected chi connectivity index (χ4v) is 4.30. The third-order valence-electron chi connectivity index (χ3n) is 5.67. The first-order valence-corrected chi connectivity index (χ1v) is 10.0. The maximum absolute atomic E-state index is 12.6. The van der Waals surface area contributed by atoms with Crippen molar-refractivity contribution in [3.8, 4) is 0 Å². The number of halogens is 1. The Hall–Kier alpha value is -1.59. The standard InChI is InChI=1S/C20H26ClN3O2/c1-14-3-2-8-24(12-14)19(25)13-23-9-6-15(7-10-23)20-22-17-11-16(21)4-5-18(17)26-20/h4-5,11,14-15H,2-3,6-10,12-13H2,1H3. The van der Waals surface area contributed by atoms with Crippen LogP contribution in [0.1, 0.15) is 44.4 Å². The second-order valence-corrected chi connectivity index (χ2v) is 8.24. The van der Waals surface area contributed by atoms with Gasteiger partial charge in [-0.3, -0.25) is 9.69 Å². The molecule has 2 aliphatic rings. The molecule has 0 aliphatic carbocycles. The van der Waals surface area contributed by atoms with E-state index in [2.05, 4.69) is 16.8 Å². The van der Waals surface area contributed by atoms with E-state index in [9.17, 15) is 4.79 Å². The van der Waals surface area contributed by atoms with Crippen LogP contribution in [0.15, 0.2) is 22.6 Å². The molecule has 2 fully saturated rings. The SMILES string of the molecule is CC1CCCN(C(=O)CN2CCC(c3nc4cc(Cl)ccc4o3)CC2)C1. The van der Waals surface area contributed by atoms with Crippen LogP contribution in [0, 0.1) is 5.92 Å². The Morgan fingerprint density at radius 3 is 2.85 bits per heavy atom. The molecule has 1 atom stereocenters. The van der Waals surface area contributed by atoms with E-state index in [1.807, 2.05) is 23.1 Å². The Morgan fingerprint density at radius 1 is 1.27 bits per heavy atom. The van der Waals surface area contributed by atoms with Gasteiger partial charge in [0.05, 0.1) is 6.54 Å². The zero-order valence-electron chi connectivity index (χ0n) is 15.3. The van der Waals surface area contributed by atoms with Crippen molar-refractivity contribution in [2.45, 2.75) is 38.5 Å². The molecule has 3 heterocycles. The maximum Gasteiger partial charge on any atom is 0.236 e. The van der Waals surface area contributed by atoms with Crippen LogP contribution in [0.2, 0.25) is 5.02 Å². The summed E-state index contributed by atoms with van der Waals surface area (Å²) in [4.78, 5) is 21.5. The average Bonchev–Trinajstić information content (AvgIpc) is 3.05. The summed E-state index contributed by atoms with van der Waals surface area (Å²) in [6, 6.07) is 5.55. The molecule has 0 spiro atoms. The highest BCUT2D eigenvalue weighted by Gasteiger charge is 2.28. The van der Waals surface area contributed by atoms with E-state index in [0.29, 0.717) is 23.4 Å². The lowest BCUT2D eigenvalue weighted by molar-refractivity contribution is -0.134. The molecule has 0 saturated carbocycles. The normalized spacial score (nSPS) is 22.8. The van der Waals surface area contributed by atoms with Gasteiger partial charge < -0.3 is 9.32 Å². The summed E-state index contributed by atoms with van der Waals surface area (Å²) in [5.74, 6) is 2.04. The van der Waals surface area contributed by atoms with Crippen molar-refractivity contribution in [2.75, 3.05) is 32.7 Å². The van der Waals surface area contributed by atoms with E-state index in [0.717, 1.165) is 62.4 Å². The number of likely N-dealkylation sites (tertiary alicyclic amines) is 2. The second-order valence-electron chi connectivity index (χ2n) is 7.80. The van der Waals surface area contributed by atoms with Crippen molar-refractivity contribution < 1.29 is 9.21 Å². The van der Waals surface area contributed by atoms with Gasteiger partial charge in [0.25, 0.3) is 0 Å². The Labute approximate surface area is 159 Å². The first-order chi connectivity index (χ1) is 12.6. The van der Waals surface area contributed by atoms with Crippen molar-refractivity contribution in [3.63, 3.8) is 0 Å². The van der Waals surface area contributed by atoms with Gasteiger partial charge in [0.15, 0.2) is 11.5 Å². The topological polar surface area (TPSA) is 49.6 Å².